The molecule has 0 aliphatic carbocycles. The minimum atomic E-state index is -0.450. The van der Waals surface area contributed by atoms with Crippen LogP contribution in [0.5, 0.6) is 5.75 Å². The highest BCUT2D eigenvalue weighted by Gasteiger charge is 2.17. The van der Waals surface area contributed by atoms with Crippen LogP contribution in [0.4, 0.5) is 10.1 Å². The number of thiocarbonyl (C=S) groups is 1. The molecular formula is C16H13BrFIN2O2S. The van der Waals surface area contributed by atoms with Gasteiger partial charge in [-0.3, -0.25) is 10.1 Å². The third-order valence-corrected chi connectivity index (χ3v) is 4.43. The molecule has 8 heteroatoms. The first-order valence-corrected chi connectivity index (χ1v) is 9.01. The minimum Gasteiger partial charge on any atom is -0.496 e. The van der Waals surface area contributed by atoms with Crippen LogP contribution in [0, 0.1) is 16.3 Å². The Kier molecular flexibility index (Phi) is 6.53. The molecule has 0 aliphatic heterocycles. The fourth-order valence-corrected chi connectivity index (χ4v) is 3.31. The maximum atomic E-state index is 13.8. The monoisotopic (exact) mass is 522 g/mol. The highest BCUT2D eigenvalue weighted by atomic mass is 127. The van der Waals surface area contributed by atoms with Crippen molar-refractivity contribution in [3.8, 4) is 5.75 Å². The third-order valence-electron chi connectivity index (χ3n) is 3.09. The molecule has 0 heterocycles. The van der Waals surface area contributed by atoms with Crippen LogP contribution in [0.2, 0.25) is 0 Å². The van der Waals surface area contributed by atoms with E-state index in [1.54, 1.807) is 18.2 Å². The largest absolute Gasteiger partial charge is 0.496 e. The number of ether oxygens (including phenoxy) is 1. The van der Waals surface area contributed by atoms with Gasteiger partial charge in [-0.05, 0) is 77.6 Å². The minimum absolute atomic E-state index is 0.000195. The molecule has 0 fully saturated rings. The van der Waals surface area contributed by atoms with Gasteiger partial charge in [-0.15, -0.1) is 0 Å². The van der Waals surface area contributed by atoms with Crippen molar-refractivity contribution in [2.24, 2.45) is 0 Å². The molecule has 0 saturated carbocycles. The summed E-state index contributed by atoms with van der Waals surface area (Å²) in [5.41, 5.74) is 1.33. The molecule has 0 saturated heterocycles. The fraction of sp³-hybridized carbons (Fsp3) is 0.125. The number of rotatable bonds is 3. The van der Waals surface area contributed by atoms with E-state index in [9.17, 15) is 9.18 Å². The van der Waals surface area contributed by atoms with Gasteiger partial charge in [0.25, 0.3) is 5.91 Å². The number of benzene rings is 2. The van der Waals surface area contributed by atoms with Crippen LogP contribution < -0.4 is 15.4 Å². The normalized spacial score (nSPS) is 10.2. The molecule has 2 aromatic rings. The van der Waals surface area contributed by atoms with Crippen molar-refractivity contribution in [3.63, 3.8) is 0 Å². The molecule has 4 nitrogen and oxygen atoms in total. The van der Waals surface area contributed by atoms with Gasteiger partial charge in [-0.2, -0.15) is 0 Å². The summed E-state index contributed by atoms with van der Waals surface area (Å²) in [6, 6.07) is 8.13. The lowest BCUT2D eigenvalue weighted by Crippen LogP contribution is -2.34. The van der Waals surface area contributed by atoms with E-state index < -0.39 is 11.7 Å². The lowest BCUT2D eigenvalue weighted by Gasteiger charge is -2.14. The van der Waals surface area contributed by atoms with Crippen molar-refractivity contribution < 1.29 is 13.9 Å². The molecule has 2 rings (SSSR count). The second-order valence-corrected chi connectivity index (χ2v) is 7.41. The number of anilines is 1. The molecule has 24 heavy (non-hydrogen) atoms. The van der Waals surface area contributed by atoms with Crippen LogP contribution >= 0.6 is 50.7 Å². The maximum Gasteiger partial charge on any atom is 0.261 e. The summed E-state index contributed by atoms with van der Waals surface area (Å²) >= 11 is 10.4. The van der Waals surface area contributed by atoms with Gasteiger partial charge in [-0.1, -0.05) is 15.9 Å². The Labute approximate surface area is 166 Å². The van der Waals surface area contributed by atoms with E-state index in [1.165, 1.54) is 13.2 Å². The van der Waals surface area contributed by atoms with Crippen LogP contribution in [-0.2, 0) is 0 Å². The first kappa shape index (κ1) is 19.1. The first-order valence-electron chi connectivity index (χ1n) is 6.73. The molecule has 0 atom stereocenters. The van der Waals surface area contributed by atoms with E-state index in [0.717, 1.165) is 13.6 Å². The lowest BCUT2D eigenvalue weighted by molar-refractivity contribution is 0.0974. The standard InChI is InChI=1S/C16H13BrFIN2O2S/c1-8-5-9(17)6-11(14(8)23-2)15(22)21-16(24)20-13-4-3-10(19)7-12(13)18/h3-7H,1-2H3,(H2,20,21,22,24). The molecule has 2 aromatic carbocycles. The number of carbonyl (C=O) groups excluding carboxylic acids is 1. The molecule has 0 radical (unpaired) electrons. The van der Waals surface area contributed by atoms with Gasteiger partial charge >= 0.3 is 0 Å². The second-order valence-electron chi connectivity index (χ2n) is 4.84. The topological polar surface area (TPSA) is 50.4 Å². The maximum absolute atomic E-state index is 13.8. The number of hydrogen-bond acceptors (Lipinski definition) is 3. The van der Waals surface area contributed by atoms with Crippen LogP contribution in [-0.4, -0.2) is 18.1 Å². The molecule has 0 aromatic heterocycles. The zero-order valence-electron chi connectivity index (χ0n) is 12.7. The van der Waals surface area contributed by atoms with Gasteiger partial charge in [0.05, 0.1) is 18.4 Å². The number of halogens is 3. The molecule has 0 spiro atoms. The van der Waals surface area contributed by atoms with Gasteiger partial charge in [0.15, 0.2) is 5.11 Å². The number of amides is 1. The SMILES string of the molecule is COc1c(C)cc(Br)cc1C(=O)NC(=S)Nc1ccc(I)cc1F. The highest BCUT2D eigenvalue weighted by Crippen LogP contribution is 2.27. The average molecular weight is 523 g/mol. The van der Waals surface area contributed by atoms with E-state index in [1.807, 2.05) is 35.6 Å². The Bertz CT molecular complexity index is 817. The number of hydrogen-bond donors (Lipinski definition) is 2. The van der Waals surface area contributed by atoms with Crippen LogP contribution in [0.3, 0.4) is 0 Å². The smallest absolute Gasteiger partial charge is 0.261 e. The molecule has 0 aliphatic rings. The Hall–Kier alpha value is -1.26. The fourth-order valence-electron chi connectivity index (χ4n) is 2.08. The van der Waals surface area contributed by atoms with Crippen molar-refractivity contribution in [1.82, 2.24) is 5.32 Å². The van der Waals surface area contributed by atoms with Gasteiger partial charge in [0, 0.05) is 8.04 Å². The van der Waals surface area contributed by atoms with Crippen molar-refractivity contribution in [1.29, 1.82) is 0 Å². The zero-order valence-corrected chi connectivity index (χ0v) is 17.3. The quantitative estimate of drug-likeness (QED) is 0.455. The molecule has 2 N–H and O–H groups in total. The van der Waals surface area contributed by atoms with E-state index in [4.69, 9.17) is 17.0 Å². The predicted octanol–water partition coefficient (Wildman–Crippen LogP) is 4.64. The van der Waals surface area contributed by atoms with Crippen molar-refractivity contribution in [2.75, 3.05) is 12.4 Å². The Morgan fingerprint density at radius 1 is 1.33 bits per heavy atom. The molecule has 0 unspecified atom stereocenters. The number of carbonyl (C=O) groups is 1. The predicted molar refractivity (Wildman–Crippen MR) is 108 cm³/mol. The second kappa shape index (κ2) is 8.21. The summed E-state index contributed by atoms with van der Waals surface area (Å²) < 4.78 is 20.6. The number of aryl methyl sites for hydroxylation is 1. The zero-order chi connectivity index (χ0) is 17.9. The Morgan fingerprint density at radius 2 is 2.04 bits per heavy atom. The summed E-state index contributed by atoms with van der Waals surface area (Å²) in [6.07, 6.45) is 0. The number of nitrogens with one attached hydrogen (secondary N) is 2. The summed E-state index contributed by atoms with van der Waals surface area (Å²) in [5, 5.41) is 5.20. The van der Waals surface area contributed by atoms with Gasteiger partial charge < -0.3 is 10.1 Å². The van der Waals surface area contributed by atoms with Crippen molar-refractivity contribution >= 4 is 67.4 Å². The van der Waals surface area contributed by atoms with Crippen molar-refractivity contribution in [3.05, 3.63) is 55.3 Å². The van der Waals surface area contributed by atoms with Crippen LogP contribution in [0.25, 0.3) is 0 Å². The third kappa shape index (κ3) is 4.64. The van der Waals surface area contributed by atoms with Gasteiger partial charge in [0.1, 0.15) is 11.6 Å². The number of methoxy groups -OCH3 is 1. The average Bonchev–Trinajstić information content (AvgIpc) is 2.49. The lowest BCUT2D eigenvalue weighted by atomic mass is 10.1. The Morgan fingerprint density at radius 3 is 2.67 bits per heavy atom. The van der Waals surface area contributed by atoms with Crippen LogP contribution in [0.15, 0.2) is 34.8 Å². The van der Waals surface area contributed by atoms with E-state index in [2.05, 4.69) is 26.6 Å². The highest BCUT2D eigenvalue weighted by molar-refractivity contribution is 14.1. The van der Waals surface area contributed by atoms with E-state index >= 15 is 0 Å². The van der Waals surface area contributed by atoms with Gasteiger partial charge in [0.2, 0.25) is 0 Å². The molecule has 1 amide bonds. The summed E-state index contributed by atoms with van der Waals surface area (Å²) in [5.74, 6) is -0.437. The molecule has 126 valence electrons. The summed E-state index contributed by atoms with van der Waals surface area (Å²) in [4.78, 5) is 12.4. The molecule has 0 bridgehead atoms. The Balaban J connectivity index is 2.16. The molecular weight excluding hydrogens is 510 g/mol. The van der Waals surface area contributed by atoms with Crippen LogP contribution in [0.1, 0.15) is 15.9 Å². The van der Waals surface area contributed by atoms with E-state index in [0.29, 0.717) is 11.3 Å². The van der Waals surface area contributed by atoms with Crippen molar-refractivity contribution in [2.45, 2.75) is 6.92 Å². The summed E-state index contributed by atoms with van der Waals surface area (Å²) in [6.45, 7) is 1.83. The first-order chi connectivity index (χ1) is 11.3. The van der Waals surface area contributed by atoms with Gasteiger partial charge in [-0.25, -0.2) is 4.39 Å². The van der Waals surface area contributed by atoms with E-state index in [-0.39, 0.29) is 10.8 Å². The summed E-state index contributed by atoms with van der Waals surface area (Å²) in [7, 11) is 1.49.